The normalized spacial score (nSPS) is 29.1. The first-order valence-electron chi connectivity index (χ1n) is 30.8. The first-order chi connectivity index (χ1) is 45.1. The van der Waals surface area contributed by atoms with E-state index in [2.05, 4.69) is 25.4 Å². The molecule has 0 bridgehead atoms. The average Bonchev–Trinajstić information content (AvgIpc) is 1.07. The van der Waals surface area contributed by atoms with E-state index in [9.17, 15) is 20.5 Å². The minimum absolute atomic E-state index is 0.00171. The van der Waals surface area contributed by atoms with Gasteiger partial charge in [0.2, 0.25) is 0 Å². The zero-order valence-corrected chi connectivity index (χ0v) is 50.6. The van der Waals surface area contributed by atoms with Crippen molar-refractivity contribution in [2.24, 2.45) is 10.2 Å². The number of unbranched alkanes of at least 4 members (excludes halogenated alkanes) is 2. The number of amides is 1. The van der Waals surface area contributed by atoms with Crippen LogP contribution in [0.1, 0.15) is 59.8 Å². The van der Waals surface area contributed by atoms with Crippen LogP contribution in [0.5, 0.6) is 0 Å². The summed E-state index contributed by atoms with van der Waals surface area (Å²) in [6.07, 6.45) is -18.4. The molecule has 3 N–H and O–H groups in total. The Morgan fingerprint density at radius 3 is 1.99 bits per heavy atom. The number of alkyl carbamates (subject to hydrolysis) is 1. The molecule has 0 aliphatic carbocycles. The Bertz CT molecular complexity index is 3410. The molecule has 486 valence electrons. The summed E-state index contributed by atoms with van der Waals surface area (Å²) in [6, 6.07) is 48.7. The van der Waals surface area contributed by atoms with Crippen molar-refractivity contribution in [1.82, 2.24) is 5.32 Å². The van der Waals surface area contributed by atoms with Crippen molar-refractivity contribution in [3.05, 3.63) is 212 Å². The van der Waals surface area contributed by atoms with Gasteiger partial charge in [0.1, 0.15) is 73.2 Å². The number of carbonyl (C=O) groups excluding carboxylic acids is 2. The molecular formula is C67H75N7O18. The van der Waals surface area contributed by atoms with Crippen LogP contribution in [0.2, 0.25) is 0 Å². The van der Waals surface area contributed by atoms with Gasteiger partial charge in [0.15, 0.2) is 18.9 Å². The van der Waals surface area contributed by atoms with Crippen LogP contribution in [0.25, 0.3) is 31.7 Å². The van der Waals surface area contributed by atoms with E-state index in [0.29, 0.717) is 36.9 Å². The molecule has 0 saturated carbocycles. The fourth-order valence-electron chi connectivity index (χ4n) is 12.1. The molecule has 5 fully saturated rings. The number of fused-ring (bicyclic) bond motifs is 3. The van der Waals surface area contributed by atoms with Crippen LogP contribution >= 0.6 is 0 Å². The Hall–Kier alpha value is -7.62. The molecule has 5 heterocycles. The number of aliphatic hydroxyl groups is 2. The topological polar surface area (TPSA) is 313 Å². The molecule has 25 heteroatoms. The van der Waals surface area contributed by atoms with Gasteiger partial charge in [-0.2, -0.15) is 0 Å². The number of nitrogens with one attached hydrogen (secondary N) is 1. The molecule has 1 amide bonds. The lowest BCUT2D eigenvalue weighted by Gasteiger charge is -2.53. The first kappa shape index (κ1) is 65.9. The standard InChI is InChI=1S/C67H75N7O18/c1-79-65(77)67(34-50-53(71-66(78)88-50)58(91-67)55(76)49(75)39-80-35-42-19-7-2-8-20-42)92-60-57-52(41-85-62(89-57)48-30-29-46-27-15-16-28-47(46)33-48)87-64(61(60)84-38-45-25-13-5-14-26-45)90-56-51(40-81-36-43-21-9-3-10-22-43)86-63(82-32-18-6-17-31-70-73-68)54(72-74-69)59(56)83-37-44-23-11-4-12-24-44/h2-5,7-16,19-30,33,49-64,75-76H,6,17-18,31-32,34-41H2,1H3,(H,71,78)/t49-,50+,51-,52-,53-,54-,55-,56-,57+,58-,59-,60+,61-,62+,63-,64+,67+/m1/s1. The number of esters is 1. The van der Waals surface area contributed by atoms with Crippen molar-refractivity contribution in [3.8, 4) is 0 Å². The highest BCUT2D eigenvalue weighted by Gasteiger charge is 2.64. The second kappa shape index (κ2) is 32.3. The molecule has 5 saturated heterocycles. The predicted molar refractivity (Wildman–Crippen MR) is 327 cm³/mol. The third kappa shape index (κ3) is 16.4. The molecule has 0 aromatic heterocycles. The van der Waals surface area contributed by atoms with Gasteiger partial charge in [-0.25, -0.2) is 9.59 Å². The van der Waals surface area contributed by atoms with Gasteiger partial charge in [-0.15, -0.1) is 0 Å². The van der Waals surface area contributed by atoms with Crippen molar-refractivity contribution in [3.63, 3.8) is 0 Å². The van der Waals surface area contributed by atoms with E-state index in [0.717, 1.165) is 34.6 Å². The van der Waals surface area contributed by atoms with E-state index in [1.807, 2.05) is 164 Å². The second-order valence-corrected chi connectivity index (χ2v) is 22.9. The van der Waals surface area contributed by atoms with E-state index in [1.165, 1.54) is 0 Å². The number of carbonyl (C=O) groups is 2. The van der Waals surface area contributed by atoms with Crippen LogP contribution in [0.15, 0.2) is 174 Å². The molecule has 11 rings (SSSR count). The van der Waals surface area contributed by atoms with Crippen LogP contribution < -0.4 is 5.32 Å². The number of nitrogens with zero attached hydrogens (tertiary/aromatic N) is 6. The number of benzene rings is 6. The Balaban J connectivity index is 0.991. The van der Waals surface area contributed by atoms with Gasteiger partial charge < -0.3 is 81.8 Å². The zero-order valence-electron chi connectivity index (χ0n) is 50.6. The minimum Gasteiger partial charge on any atom is -0.465 e. The number of rotatable bonds is 30. The van der Waals surface area contributed by atoms with Gasteiger partial charge in [-0.1, -0.05) is 174 Å². The fourth-order valence-corrected chi connectivity index (χ4v) is 12.1. The van der Waals surface area contributed by atoms with Gasteiger partial charge in [0.05, 0.1) is 65.8 Å². The van der Waals surface area contributed by atoms with E-state index in [4.69, 9.17) is 71.8 Å². The van der Waals surface area contributed by atoms with Gasteiger partial charge in [0, 0.05) is 28.5 Å². The monoisotopic (exact) mass is 1270 g/mol. The van der Waals surface area contributed by atoms with E-state index >= 15 is 4.79 Å². The summed E-state index contributed by atoms with van der Waals surface area (Å²) in [6.45, 7) is -0.0443. The molecule has 6 aromatic carbocycles. The Morgan fingerprint density at radius 1 is 0.685 bits per heavy atom. The summed E-state index contributed by atoms with van der Waals surface area (Å²) in [5.74, 6) is -3.68. The largest absolute Gasteiger partial charge is 0.465 e. The average molecular weight is 1270 g/mol. The van der Waals surface area contributed by atoms with E-state index < -0.39 is 122 Å². The molecule has 6 aromatic rings. The summed E-state index contributed by atoms with van der Waals surface area (Å²) < 4.78 is 93.1. The summed E-state index contributed by atoms with van der Waals surface area (Å²) in [5.41, 5.74) is 23.0. The maximum Gasteiger partial charge on any atom is 0.407 e. The number of aliphatic hydroxyl groups excluding tert-OH is 2. The van der Waals surface area contributed by atoms with Crippen molar-refractivity contribution >= 4 is 22.8 Å². The van der Waals surface area contributed by atoms with Crippen molar-refractivity contribution in [2.45, 2.75) is 156 Å². The lowest BCUT2D eigenvalue weighted by atomic mass is 9.88. The zero-order chi connectivity index (χ0) is 63.7. The van der Waals surface area contributed by atoms with Crippen LogP contribution in [0.3, 0.4) is 0 Å². The molecule has 17 atom stereocenters. The Kier molecular flexibility index (Phi) is 23.1. The van der Waals surface area contributed by atoms with Crippen molar-refractivity contribution in [1.29, 1.82) is 0 Å². The van der Waals surface area contributed by atoms with Crippen LogP contribution in [-0.2, 0) is 97.5 Å². The lowest BCUT2D eigenvalue weighted by molar-refractivity contribution is -0.413. The van der Waals surface area contributed by atoms with E-state index in [-0.39, 0.29) is 52.9 Å². The summed E-state index contributed by atoms with van der Waals surface area (Å²) >= 11 is 0. The lowest BCUT2D eigenvalue weighted by Crippen LogP contribution is -2.70. The van der Waals surface area contributed by atoms with Crippen LogP contribution in [-0.4, -0.2) is 160 Å². The summed E-state index contributed by atoms with van der Waals surface area (Å²) in [4.78, 5) is 34.5. The van der Waals surface area contributed by atoms with E-state index in [1.54, 1.807) is 0 Å². The molecular weight excluding hydrogens is 1190 g/mol. The molecule has 92 heavy (non-hydrogen) atoms. The molecule has 0 spiro atoms. The maximum absolute atomic E-state index is 15.0. The maximum atomic E-state index is 15.0. The number of ether oxygens (including phenoxy) is 14. The van der Waals surface area contributed by atoms with Crippen LogP contribution in [0.4, 0.5) is 4.79 Å². The Labute approximate surface area is 531 Å². The smallest absolute Gasteiger partial charge is 0.407 e. The van der Waals surface area contributed by atoms with Gasteiger partial charge in [-0.05, 0) is 63.0 Å². The molecule has 25 nitrogen and oxygen atoms in total. The highest BCUT2D eigenvalue weighted by atomic mass is 16.8. The summed E-state index contributed by atoms with van der Waals surface area (Å²) in [5, 5.41) is 36.4. The predicted octanol–water partition coefficient (Wildman–Crippen LogP) is 9.11. The molecule has 5 aliphatic heterocycles. The van der Waals surface area contributed by atoms with Crippen molar-refractivity contribution < 1.29 is 86.1 Å². The number of hydrogen-bond donors (Lipinski definition) is 3. The molecule has 5 aliphatic rings. The van der Waals surface area contributed by atoms with Gasteiger partial charge in [0.25, 0.3) is 5.79 Å². The quantitative estimate of drug-likeness (QED) is 0.0124. The molecule has 0 radical (unpaired) electrons. The third-order valence-corrected chi connectivity index (χ3v) is 16.7. The van der Waals surface area contributed by atoms with Crippen LogP contribution in [0, 0.1) is 0 Å². The summed E-state index contributed by atoms with van der Waals surface area (Å²) in [7, 11) is 1.13. The number of azide groups is 2. The second-order valence-electron chi connectivity index (χ2n) is 22.9. The minimum atomic E-state index is -2.58. The first-order valence-corrected chi connectivity index (χ1v) is 30.8. The third-order valence-electron chi connectivity index (χ3n) is 16.7. The SMILES string of the molecule is COC(=O)[C@@]1(O[C@H]2[C@H]3O[C@@H](c4ccc5ccccc5c4)OC[C@H]3O[C@@H](O[C@H]3[C@H](OCc4ccccc4)[C@@H](N=[N+]=[N-])[C@H](OCCCCCN=[N+]=[N-])O[C@@H]3COCc3ccccc3)[C@@H]2OCc2ccccc2)C[C@@H]2OC(=O)N[C@H]2[C@H]([C@H](O)[C@H](O)COCc2ccccc2)O1. The Morgan fingerprint density at radius 2 is 1.33 bits per heavy atom. The number of hydrogen-bond acceptors (Lipinski definition) is 20. The van der Waals surface area contributed by atoms with Gasteiger partial charge >= 0.3 is 12.1 Å². The highest BCUT2D eigenvalue weighted by Crippen LogP contribution is 2.45. The highest BCUT2D eigenvalue weighted by molar-refractivity contribution is 5.83. The fraction of sp³-hybridized carbons (Fsp3) is 0.463. The van der Waals surface area contributed by atoms with Gasteiger partial charge in [-0.3, -0.25) is 0 Å². The number of methoxy groups -OCH3 is 1. The van der Waals surface area contributed by atoms with Crippen molar-refractivity contribution in [2.75, 3.05) is 40.1 Å². The molecule has 0 unspecified atom stereocenters.